The lowest BCUT2D eigenvalue weighted by Crippen LogP contribution is -2.22. The molecule has 1 atom stereocenters. The third-order valence-electron chi connectivity index (χ3n) is 10.6. The number of rotatable bonds is 9. The van der Waals surface area contributed by atoms with Gasteiger partial charge in [-0.1, -0.05) is 55.5 Å². The molecule has 8 heterocycles. The second-order valence-corrected chi connectivity index (χ2v) is 14.5. The Morgan fingerprint density at radius 2 is 1.24 bits per heavy atom. The Labute approximate surface area is 340 Å². The zero-order valence-electron chi connectivity index (χ0n) is 33.5. The number of anilines is 2. The monoisotopic (exact) mass is 793 g/mol. The minimum atomic E-state index is -0.304. The molecule has 2 saturated heterocycles. The van der Waals surface area contributed by atoms with Crippen LogP contribution in [0.5, 0.6) is 0 Å². The minimum absolute atomic E-state index is 0.225. The summed E-state index contributed by atoms with van der Waals surface area (Å²) in [5.41, 5.74) is 6.40. The predicted molar refractivity (Wildman–Crippen MR) is 226 cm³/mol. The highest BCUT2D eigenvalue weighted by atomic mass is 16.3. The zero-order valence-corrected chi connectivity index (χ0v) is 33.5. The molecule has 2 fully saturated rings. The van der Waals surface area contributed by atoms with E-state index in [2.05, 4.69) is 88.3 Å². The highest BCUT2D eigenvalue weighted by Gasteiger charge is 2.24. The molecule has 0 amide bonds. The predicted octanol–water partition coefficient (Wildman–Crippen LogP) is 4.33. The summed E-state index contributed by atoms with van der Waals surface area (Å²) < 4.78 is 3.50. The first-order chi connectivity index (χ1) is 28.9. The van der Waals surface area contributed by atoms with Gasteiger partial charge in [-0.25, -0.2) is 29.3 Å². The van der Waals surface area contributed by atoms with Gasteiger partial charge in [-0.2, -0.15) is 0 Å². The molecule has 17 nitrogen and oxygen atoms in total. The van der Waals surface area contributed by atoms with E-state index in [9.17, 15) is 9.90 Å². The van der Waals surface area contributed by atoms with Crippen molar-refractivity contribution in [1.29, 1.82) is 0 Å². The van der Waals surface area contributed by atoms with Gasteiger partial charge in [0.25, 0.3) is 0 Å². The van der Waals surface area contributed by atoms with Gasteiger partial charge in [-0.3, -0.25) is 14.8 Å². The van der Waals surface area contributed by atoms with Gasteiger partial charge in [0, 0.05) is 49.2 Å². The van der Waals surface area contributed by atoms with Crippen LogP contribution in [0.25, 0.3) is 44.4 Å². The zero-order chi connectivity index (χ0) is 40.7. The van der Waals surface area contributed by atoms with Crippen molar-refractivity contribution in [3.05, 3.63) is 96.6 Å². The summed E-state index contributed by atoms with van der Waals surface area (Å²) in [5.74, 6) is 1.67. The Bertz CT molecular complexity index is 2690. The average molecular weight is 794 g/mol. The second kappa shape index (κ2) is 17.9. The summed E-state index contributed by atoms with van der Waals surface area (Å²) in [7, 11) is 0. The van der Waals surface area contributed by atoms with Gasteiger partial charge < -0.3 is 19.8 Å². The number of benzene rings is 2. The SMILES string of the molecule is CCN(CC)CC.O=C1CCN(c2cnc3nnn(Cc4ccc5ncccc5c4)c3n2)C1.OC1CCN(c2cnc3nnn(Cc4ccc5ncccc5c4)c3n2)C1. The van der Waals surface area contributed by atoms with Gasteiger partial charge >= 0.3 is 0 Å². The lowest BCUT2D eigenvalue weighted by molar-refractivity contribution is -0.116. The number of β-amino-alcohol motifs (C(OH)–C–C–N with tert-alkyl or cyclic N) is 1. The molecule has 2 aliphatic heterocycles. The molecule has 302 valence electrons. The number of carbonyl (C=O) groups excluding carboxylic acids is 1. The molecule has 0 aliphatic carbocycles. The molecule has 59 heavy (non-hydrogen) atoms. The Morgan fingerprint density at radius 3 is 1.69 bits per heavy atom. The molecule has 17 heteroatoms. The van der Waals surface area contributed by atoms with Gasteiger partial charge in [0.1, 0.15) is 11.6 Å². The summed E-state index contributed by atoms with van der Waals surface area (Å²) >= 11 is 0. The van der Waals surface area contributed by atoms with Crippen molar-refractivity contribution in [2.45, 2.75) is 52.8 Å². The number of hydrogen-bond donors (Lipinski definition) is 1. The van der Waals surface area contributed by atoms with Gasteiger partial charge in [0.2, 0.25) is 11.3 Å². The van der Waals surface area contributed by atoms with Gasteiger partial charge in [-0.15, -0.1) is 10.2 Å². The van der Waals surface area contributed by atoms with Crippen LogP contribution >= 0.6 is 0 Å². The van der Waals surface area contributed by atoms with Crippen LogP contribution in [-0.2, 0) is 17.9 Å². The number of hydrogen-bond acceptors (Lipinski definition) is 15. The van der Waals surface area contributed by atoms with Crippen LogP contribution in [0.1, 0.15) is 44.7 Å². The van der Waals surface area contributed by atoms with Gasteiger partial charge in [-0.05, 0) is 73.6 Å². The molecule has 10 rings (SSSR count). The maximum absolute atomic E-state index is 11.5. The maximum atomic E-state index is 11.5. The molecular weight excluding hydrogens is 747 g/mol. The molecular formula is C42H47N15O2. The molecule has 0 radical (unpaired) electrons. The lowest BCUT2D eigenvalue weighted by atomic mass is 10.1. The number of carbonyl (C=O) groups is 1. The Morgan fingerprint density at radius 1 is 0.695 bits per heavy atom. The summed E-state index contributed by atoms with van der Waals surface area (Å²) in [5, 5.41) is 28.5. The first-order valence-electron chi connectivity index (χ1n) is 20.1. The van der Waals surface area contributed by atoms with Gasteiger partial charge in [0.05, 0.1) is 49.2 Å². The maximum Gasteiger partial charge on any atom is 0.221 e. The van der Waals surface area contributed by atoms with Crippen LogP contribution in [-0.4, -0.2) is 128 Å². The first-order valence-corrected chi connectivity index (χ1v) is 20.1. The summed E-state index contributed by atoms with van der Waals surface area (Å²) in [6.07, 6.45) is 7.93. The molecule has 6 aromatic heterocycles. The third kappa shape index (κ3) is 9.10. The molecule has 0 saturated carbocycles. The number of aromatic nitrogens is 12. The summed E-state index contributed by atoms with van der Waals surface area (Å²) in [6, 6.07) is 20.2. The number of fused-ring (bicyclic) bond motifs is 4. The number of aliphatic hydroxyl groups is 1. The Balaban J connectivity index is 0.000000142. The van der Waals surface area contributed by atoms with Gasteiger partial charge in [0.15, 0.2) is 17.1 Å². The summed E-state index contributed by atoms with van der Waals surface area (Å²) in [6.45, 7) is 13.7. The van der Waals surface area contributed by atoms with Crippen molar-refractivity contribution in [3.8, 4) is 0 Å². The fourth-order valence-corrected chi connectivity index (χ4v) is 7.25. The van der Waals surface area contributed by atoms with Crippen LogP contribution in [0.3, 0.4) is 0 Å². The molecule has 1 N–H and O–H groups in total. The van der Waals surface area contributed by atoms with Crippen LogP contribution in [0.4, 0.5) is 11.6 Å². The minimum Gasteiger partial charge on any atom is -0.391 e. The average Bonchev–Trinajstić information content (AvgIpc) is 4.09. The lowest BCUT2D eigenvalue weighted by Gasteiger charge is -2.15. The van der Waals surface area contributed by atoms with E-state index in [1.54, 1.807) is 34.2 Å². The first kappa shape index (κ1) is 39.2. The van der Waals surface area contributed by atoms with E-state index in [0.717, 1.165) is 51.7 Å². The Kier molecular flexibility index (Phi) is 11.9. The third-order valence-corrected chi connectivity index (χ3v) is 10.6. The fourth-order valence-electron chi connectivity index (χ4n) is 7.25. The van der Waals surface area contributed by atoms with E-state index in [1.165, 1.54) is 19.6 Å². The van der Waals surface area contributed by atoms with E-state index in [1.807, 2.05) is 58.3 Å². The fraction of sp³-hybridized carbons (Fsp3) is 0.357. The van der Waals surface area contributed by atoms with E-state index in [4.69, 9.17) is 0 Å². The van der Waals surface area contributed by atoms with Crippen molar-refractivity contribution < 1.29 is 9.90 Å². The number of ketones is 1. The standard InChI is InChI=1S/C18H17N7O.C18H15N7O.C6H15N/c2*26-14-5-7-24(11-14)16-9-20-17-18(21-16)25(23-22-17)10-12-3-4-15-13(8-12)2-1-6-19-15;1-4-7(5-2)6-3/h1-4,6,8-9,14,26H,5,7,10-11H2;1-4,6,8-9H,5,7,10-11H2;4-6H2,1-3H3. The molecule has 8 aromatic rings. The Hall–Kier alpha value is -6.59. The van der Waals surface area contributed by atoms with Crippen molar-refractivity contribution in [2.75, 3.05) is 55.6 Å². The van der Waals surface area contributed by atoms with E-state index >= 15 is 0 Å². The van der Waals surface area contributed by atoms with E-state index in [-0.39, 0.29) is 11.9 Å². The topological polar surface area (TPSA) is 186 Å². The van der Waals surface area contributed by atoms with E-state index < -0.39 is 0 Å². The molecule has 2 aromatic carbocycles. The highest BCUT2D eigenvalue weighted by Crippen LogP contribution is 2.22. The highest BCUT2D eigenvalue weighted by molar-refractivity contribution is 5.87. The van der Waals surface area contributed by atoms with Crippen molar-refractivity contribution in [3.63, 3.8) is 0 Å². The molecule has 0 bridgehead atoms. The van der Waals surface area contributed by atoms with E-state index in [0.29, 0.717) is 67.6 Å². The molecule has 1 unspecified atom stereocenters. The van der Waals surface area contributed by atoms with Crippen LogP contribution in [0.2, 0.25) is 0 Å². The van der Waals surface area contributed by atoms with Crippen molar-refractivity contribution in [1.82, 2.24) is 64.8 Å². The smallest absolute Gasteiger partial charge is 0.221 e. The number of aliphatic hydroxyl groups excluding tert-OH is 1. The van der Waals surface area contributed by atoms with Crippen molar-refractivity contribution in [2.24, 2.45) is 0 Å². The quantitative estimate of drug-likeness (QED) is 0.218. The van der Waals surface area contributed by atoms with Crippen LogP contribution in [0, 0.1) is 0 Å². The second-order valence-electron chi connectivity index (χ2n) is 14.5. The van der Waals surface area contributed by atoms with Crippen LogP contribution < -0.4 is 9.80 Å². The molecule has 2 aliphatic rings. The number of pyridine rings is 2. The van der Waals surface area contributed by atoms with Crippen molar-refractivity contribution >= 4 is 61.8 Å². The molecule has 0 spiro atoms. The summed E-state index contributed by atoms with van der Waals surface area (Å²) in [4.78, 5) is 44.6. The largest absolute Gasteiger partial charge is 0.391 e. The normalized spacial score (nSPS) is 15.3. The number of Topliss-reactive ketones (excluding diaryl/α,β-unsaturated/α-hetero) is 1. The van der Waals surface area contributed by atoms with Crippen LogP contribution in [0.15, 0.2) is 85.5 Å². The number of nitrogens with zero attached hydrogens (tertiary/aromatic N) is 15.